The van der Waals surface area contributed by atoms with Crippen LogP contribution in [-0.2, 0) is 10.2 Å². The summed E-state index contributed by atoms with van der Waals surface area (Å²) in [4.78, 5) is 11.4. The highest BCUT2D eigenvalue weighted by Gasteiger charge is 2.60. The summed E-state index contributed by atoms with van der Waals surface area (Å²) in [5.74, 6) is -2.36. The van der Waals surface area contributed by atoms with Gasteiger partial charge in [0.25, 0.3) is 0 Å². The molecule has 0 heterocycles. The van der Waals surface area contributed by atoms with Crippen LogP contribution in [0.2, 0.25) is 0 Å². The Labute approximate surface area is 136 Å². The third-order valence-electron chi connectivity index (χ3n) is 5.18. The number of halogens is 4. The van der Waals surface area contributed by atoms with Gasteiger partial charge in [-0.15, -0.1) is 0 Å². The molecule has 2 aliphatic carbocycles. The van der Waals surface area contributed by atoms with E-state index in [1.807, 2.05) is 12.1 Å². The van der Waals surface area contributed by atoms with Gasteiger partial charge in [-0.2, -0.15) is 13.2 Å². The van der Waals surface area contributed by atoms with E-state index in [1.165, 1.54) is 0 Å². The van der Waals surface area contributed by atoms with E-state index in [2.05, 4.69) is 5.16 Å². The van der Waals surface area contributed by atoms with Crippen molar-refractivity contribution in [1.29, 1.82) is 0 Å². The molecule has 1 aromatic carbocycles. The van der Waals surface area contributed by atoms with E-state index in [9.17, 15) is 18.0 Å². The molecule has 0 radical (unpaired) electrons. The fourth-order valence-electron chi connectivity index (χ4n) is 3.85. The summed E-state index contributed by atoms with van der Waals surface area (Å²) in [6.45, 7) is 0. The summed E-state index contributed by atoms with van der Waals surface area (Å²) in [5, 5.41) is 11.6. The largest absolute Gasteiger partial charge is 0.450 e. The van der Waals surface area contributed by atoms with Gasteiger partial charge in [-0.1, -0.05) is 41.0 Å². The Morgan fingerprint density at radius 3 is 2.48 bits per heavy atom. The molecule has 3 nitrogen and oxygen atoms in total. The van der Waals surface area contributed by atoms with Gasteiger partial charge in [0.2, 0.25) is 5.78 Å². The number of Topliss-reactive ketones (excluding diaryl/α,β-unsaturated/α-hetero) is 1. The monoisotopic (exact) mass is 345 g/mol. The predicted octanol–water partition coefficient (Wildman–Crippen LogP) is 4.25. The van der Waals surface area contributed by atoms with E-state index in [1.54, 1.807) is 12.1 Å². The average Bonchev–Trinajstić information content (AvgIpc) is 3.27. The lowest BCUT2D eigenvalue weighted by molar-refractivity contribution is -0.176. The second-order valence-corrected chi connectivity index (χ2v) is 6.72. The first-order valence-electron chi connectivity index (χ1n) is 7.37. The fourth-order valence-corrected chi connectivity index (χ4v) is 3.98. The molecule has 3 rings (SSSR count). The molecule has 2 saturated carbocycles. The van der Waals surface area contributed by atoms with Crippen LogP contribution in [0, 0.1) is 11.8 Å². The second-order valence-electron chi connectivity index (χ2n) is 6.36. The van der Waals surface area contributed by atoms with Crippen molar-refractivity contribution in [2.24, 2.45) is 17.0 Å². The normalized spacial score (nSPS) is 30.7. The number of hydrogen-bond donors (Lipinski definition) is 1. The predicted molar refractivity (Wildman–Crippen MR) is 78.8 cm³/mol. The summed E-state index contributed by atoms with van der Waals surface area (Å²) in [6, 6.07) is 7.20. The van der Waals surface area contributed by atoms with Gasteiger partial charge in [0.05, 0.1) is 0 Å². The lowest BCUT2D eigenvalue weighted by atomic mass is 9.76. The minimum Gasteiger partial charge on any atom is -0.410 e. The fraction of sp³-hybridized carbons (Fsp3) is 0.500. The van der Waals surface area contributed by atoms with Crippen molar-refractivity contribution >= 4 is 22.6 Å². The number of alkyl halides is 3. The third-order valence-corrected chi connectivity index (χ3v) is 5.47. The van der Waals surface area contributed by atoms with E-state index in [0.717, 1.165) is 12.0 Å². The van der Waals surface area contributed by atoms with E-state index in [0.29, 0.717) is 18.4 Å². The number of benzene rings is 1. The van der Waals surface area contributed by atoms with Gasteiger partial charge in [-0.05, 0) is 42.6 Å². The number of nitrogens with zero attached hydrogens (tertiary/aromatic N) is 1. The third kappa shape index (κ3) is 2.84. The molecule has 0 amide bonds. The summed E-state index contributed by atoms with van der Waals surface area (Å²) >= 11 is 5.73. The minimum absolute atomic E-state index is 0.0131. The van der Waals surface area contributed by atoms with Crippen LogP contribution in [0.3, 0.4) is 0 Å². The maximum Gasteiger partial charge on any atom is 0.450 e. The Balaban J connectivity index is 1.72. The van der Waals surface area contributed by atoms with Crippen molar-refractivity contribution in [3.05, 3.63) is 35.4 Å². The zero-order chi connectivity index (χ0) is 16.8. The van der Waals surface area contributed by atoms with Crippen molar-refractivity contribution in [3.8, 4) is 0 Å². The molecule has 23 heavy (non-hydrogen) atoms. The van der Waals surface area contributed by atoms with E-state index in [4.69, 9.17) is 16.8 Å². The molecule has 0 aromatic heterocycles. The summed E-state index contributed by atoms with van der Waals surface area (Å²) < 4.78 is 37.7. The Hall–Kier alpha value is -1.56. The standard InChI is InChI=1S/C16H15ClF3NO2/c17-14(21-23)9-1-3-11(4-2-9)15-6-5-10(7-12(15)8-15)13(22)16(18,19)20/h1-4,10,12,23H,5-8H2/b21-14-/t10?,12-,15?/m0/s1. The van der Waals surface area contributed by atoms with Crippen LogP contribution >= 0.6 is 11.6 Å². The number of carbonyl (C=O) groups is 1. The lowest BCUT2D eigenvalue weighted by Gasteiger charge is -2.28. The molecule has 7 heteroatoms. The second kappa shape index (κ2) is 5.51. The first-order chi connectivity index (χ1) is 10.8. The minimum atomic E-state index is -4.73. The Morgan fingerprint density at radius 2 is 1.96 bits per heavy atom. The van der Waals surface area contributed by atoms with Crippen LogP contribution in [-0.4, -0.2) is 22.3 Å². The molecule has 1 N–H and O–H groups in total. The van der Waals surface area contributed by atoms with Crippen LogP contribution in [0.25, 0.3) is 0 Å². The lowest BCUT2D eigenvalue weighted by Crippen LogP contribution is -2.34. The number of oxime groups is 1. The Bertz CT molecular complexity index is 656. The number of hydrogen-bond acceptors (Lipinski definition) is 3. The quantitative estimate of drug-likeness (QED) is 0.506. The van der Waals surface area contributed by atoms with Gasteiger partial charge < -0.3 is 5.21 Å². The molecule has 124 valence electrons. The van der Waals surface area contributed by atoms with Gasteiger partial charge in [-0.25, -0.2) is 0 Å². The summed E-state index contributed by atoms with van der Waals surface area (Å²) in [7, 11) is 0. The van der Waals surface area contributed by atoms with Gasteiger partial charge in [-0.3, -0.25) is 4.79 Å². The summed E-state index contributed by atoms with van der Waals surface area (Å²) in [5.41, 5.74) is 1.52. The SMILES string of the molecule is O=C(C1CCC2(c3ccc(/C(Cl)=N/O)cc3)C[C@@H]2C1)C(F)(F)F. The molecule has 2 unspecified atom stereocenters. The maximum atomic E-state index is 12.6. The molecule has 0 aliphatic heterocycles. The van der Waals surface area contributed by atoms with Crippen molar-refractivity contribution in [1.82, 2.24) is 0 Å². The topological polar surface area (TPSA) is 49.7 Å². The first-order valence-corrected chi connectivity index (χ1v) is 7.75. The van der Waals surface area contributed by atoms with E-state index < -0.39 is 17.9 Å². The number of fused-ring (bicyclic) bond motifs is 1. The van der Waals surface area contributed by atoms with Gasteiger partial charge >= 0.3 is 6.18 Å². The van der Waals surface area contributed by atoms with E-state index >= 15 is 0 Å². The van der Waals surface area contributed by atoms with Crippen LogP contribution in [0.4, 0.5) is 13.2 Å². The van der Waals surface area contributed by atoms with Crippen molar-refractivity contribution in [2.75, 3.05) is 0 Å². The Morgan fingerprint density at radius 1 is 1.30 bits per heavy atom. The highest BCUT2D eigenvalue weighted by Crippen LogP contribution is 2.63. The average molecular weight is 346 g/mol. The van der Waals surface area contributed by atoms with Crippen molar-refractivity contribution in [2.45, 2.75) is 37.3 Å². The zero-order valence-corrected chi connectivity index (χ0v) is 12.9. The van der Waals surface area contributed by atoms with Crippen LogP contribution < -0.4 is 0 Å². The Kier molecular flexibility index (Phi) is 3.91. The molecule has 2 fully saturated rings. The molecule has 0 spiro atoms. The molecule has 1 aromatic rings. The number of rotatable bonds is 3. The first kappa shape index (κ1) is 16.3. The van der Waals surface area contributed by atoms with Gasteiger partial charge in [0, 0.05) is 11.5 Å². The van der Waals surface area contributed by atoms with Crippen LogP contribution in [0.15, 0.2) is 29.4 Å². The van der Waals surface area contributed by atoms with Crippen LogP contribution in [0.5, 0.6) is 0 Å². The molecule has 3 atom stereocenters. The molecule has 0 saturated heterocycles. The smallest absolute Gasteiger partial charge is 0.410 e. The molecular weight excluding hydrogens is 331 g/mol. The summed E-state index contributed by atoms with van der Waals surface area (Å²) in [6.07, 6.45) is -2.75. The maximum absolute atomic E-state index is 12.6. The van der Waals surface area contributed by atoms with Crippen LogP contribution in [0.1, 0.15) is 36.8 Å². The van der Waals surface area contributed by atoms with Gasteiger partial charge in [0.15, 0.2) is 5.17 Å². The molecular formula is C16H15ClF3NO2. The molecule has 2 aliphatic rings. The molecule has 0 bridgehead atoms. The highest BCUT2D eigenvalue weighted by molar-refractivity contribution is 6.69. The van der Waals surface area contributed by atoms with Crippen molar-refractivity contribution < 1.29 is 23.2 Å². The zero-order valence-electron chi connectivity index (χ0n) is 12.1. The van der Waals surface area contributed by atoms with E-state index in [-0.39, 0.29) is 22.9 Å². The number of ketones is 1. The highest BCUT2D eigenvalue weighted by atomic mass is 35.5. The number of carbonyl (C=O) groups excluding carboxylic acids is 1. The van der Waals surface area contributed by atoms with Gasteiger partial charge in [0.1, 0.15) is 0 Å². The van der Waals surface area contributed by atoms with Crippen molar-refractivity contribution in [3.63, 3.8) is 0 Å².